The fourth-order valence-corrected chi connectivity index (χ4v) is 2.88. The molecule has 17 heavy (non-hydrogen) atoms. The summed E-state index contributed by atoms with van der Waals surface area (Å²) in [6.07, 6.45) is 11.1. The highest BCUT2D eigenvalue weighted by Gasteiger charge is 2.22. The molecule has 0 spiro atoms. The Morgan fingerprint density at radius 2 is 2.00 bits per heavy atom. The molecule has 0 amide bonds. The van der Waals surface area contributed by atoms with E-state index in [0.717, 1.165) is 25.2 Å². The van der Waals surface area contributed by atoms with Crippen LogP contribution in [0.3, 0.4) is 0 Å². The van der Waals surface area contributed by atoms with Gasteiger partial charge in [0.2, 0.25) is 0 Å². The van der Waals surface area contributed by atoms with Crippen molar-refractivity contribution in [2.45, 2.75) is 70.4 Å². The van der Waals surface area contributed by atoms with Gasteiger partial charge in [-0.2, -0.15) is 0 Å². The quantitative estimate of drug-likeness (QED) is 0.670. The highest BCUT2D eigenvalue weighted by molar-refractivity contribution is 4.85. The molecule has 100 valence electrons. The van der Waals surface area contributed by atoms with Crippen LogP contribution in [0.15, 0.2) is 12.7 Å². The van der Waals surface area contributed by atoms with Gasteiger partial charge in [0.1, 0.15) is 0 Å². The molecular formula is C15H29NO. The zero-order valence-electron chi connectivity index (χ0n) is 11.3. The van der Waals surface area contributed by atoms with Crippen molar-refractivity contribution >= 4 is 0 Å². The molecule has 1 aliphatic carbocycles. The molecule has 0 aromatic carbocycles. The van der Waals surface area contributed by atoms with E-state index in [9.17, 15) is 5.11 Å². The van der Waals surface area contributed by atoms with Crippen LogP contribution in [0.1, 0.15) is 58.3 Å². The second kappa shape index (κ2) is 7.88. The average Bonchev–Trinajstić information content (AvgIpc) is 2.36. The van der Waals surface area contributed by atoms with Crippen LogP contribution in [-0.2, 0) is 0 Å². The molecule has 1 rings (SSSR count). The largest absolute Gasteiger partial charge is 0.391 e. The van der Waals surface area contributed by atoms with E-state index in [4.69, 9.17) is 5.73 Å². The first-order chi connectivity index (χ1) is 8.17. The third kappa shape index (κ3) is 5.22. The summed E-state index contributed by atoms with van der Waals surface area (Å²) in [6, 6.07) is -0.0490. The Bertz CT molecular complexity index is 211. The Labute approximate surface area is 106 Å². The van der Waals surface area contributed by atoms with Gasteiger partial charge in [0.15, 0.2) is 0 Å². The van der Waals surface area contributed by atoms with Gasteiger partial charge in [0, 0.05) is 6.04 Å². The zero-order chi connectivity index (χ0) is 12.7. The number of rotatable bonds is 7. The number of hydrogen-bond acceptors (Lipinski definition) is 2. The maximum atomic E-state index is 10.1. The molecule has 1 aliphatic rings. The number of nitrogens with two attached hydrogens (primary N) is 1. The van der Waals surface area contributed by atoms with Gasteiger partial charge in [-0.05, 0) is 31.1 Å². The van der Waals surface area contributed by atoms with Crippen LogP contribution in [-0.4, -0.2) is 17.3 Å². The first-order valence-electron chi connectivity index (χ1n) is 7.23. The Balaban J connectivity index is 2.29. The minimum atomic E-state index is -0.361. The van der Waals surface area contributed by atoms with E-state index in [1.165, 1.54) is 32.1 Å². The van der Waals surface area contributed by atoms with E-state index in [-0.39, 0.29) is 12.1 Å². The average molecular weight is 239 g/mol. The fourth-order valence-electron chi connectivity index (χ4n) is 2.88. The predicted octanol–water partition coefficient (Wildman–Crippen LogP) is 3.25. The van der Waals surface area contributed by atoms with E-state index in [1.807, 2.05) is 6.08 Å². The first-order valence-corrected chi connectivity index (χ1v) is 7.23. The van der Waals surface area contributed by atoms with E-state index >= 15 is 0 Å². The summed E-state index contributed by atoms with van der Waals surface area (Å²) in [7, 11) is 0. The molecule has 0 aromatic rings. The maximum absolute atomic E-state index is 10.1. The Morgan fingerprint density at radius 3 is 2.53 bits per heavy atom. The molecule has 2 nitrogen and oxygen atoms in total. The smallest absolute Gasteiger partial charge is 0.0696 e. The fraction of sp³-hybridized carbons (Fsp3) is 0.867. The van der Waals surface area contributed by atoms with Gasteiger partial charge in [-0.1, -0.05) is 45.1 Å². The number of aliphatic hydroxyl groups excluding tert-OH is 1. The first kappa shape index (κ1) is 14.7. The SMILES string of the molecule is C=C[C@@H](CC)C[C@H](O)[C@@H](N)CC1CCCCC1. The monoisotopic (exact) mass is 239 g/mol. The van der Waals surface area contributed by atoms with Gasteiger partial charge in [-0.25, -0.2) is 0 Å². The lowest BCUT2D eigenvalue weighted by molar-refractivity contribution is 0.106. The van der Waals surface area contributed by atoms with Crippen molar-refractivity contribution in [2.75, 3.05) is 0 Å². The van der Waals surface area contributed by atoms with Crippen molar-refractivity contribution in [1.82, 2.24) is 0 Å². The van der Waals surface area contributed by atoms with E-state index in [2.05, 4.69) is 13.5 Å². The second-order valence-corrected chi connectivity index (χ2v) is 5.61. The summed E-state index contributed by atoms with van der Waals surface area (Å²) in [5.74, 6) is 1.15. The Morgan fingerprint density at radius 1 is 1.35 bits per heavy atom. The van der Waals surface area contributed by atoms with Crippen molar-refractivity contribution in [3.05, 3.63) is 12.7 Å². The van der Waals surface area contributed by atoms with Gasteiger partial charge >= 0.3 is 0 Å². The normalized spacial score (nSPS) is 23.0. The van der Waals surface area contributed by atoms with E-state index in [0.29, 0.717) is 5.92 Å². The van der Waals surface area contributed by atoms with Crippen LogP contribution in [0, 0.1) is 11.8 Å². The number of aliphatic hydroxyl groups is 1. The molecule has 0 aromatic heterocycles. The van der Waals surface area contributed by atoms with Crippen molar-refractivity contribution in [3.63, 3.8) is 0 Å². The van der Waals surface area contributed by atoms with Crippen LogP contribution in [0.5, 0.6) is 0 Å². The summed E-state index contributed by atoms with van der Waals surface area (Å²) < 4.78 is 0. The highest BCUT2D eigenvalue weighted by atomic mass is 16.3. The van der Waals surface area contributed by atoms with Crippen LogP contribution >= 0.6 is 0 Å². The summed E-state index contributed by atoms with van der Waals surface area (Å²) in [6.45, 7) is 5.94. The lowest BCUT2D eigenvalue weighted by atomic mass is 9.82. The lowest BCUT2D eigenvalue weighted by Crippen LogP contribution is -2.37. The number of hydrogen-bond donors (Lipinski definition) is 2. The lowest BCUT2D eigenvalue weighted by Gasteiger charge is -2.28. The Kier molecular flexibility index (Phi) is 6.83. The molecule has 0 heterocycles. The summed E-state index contributed by atoms with van der Waals surface area (Å²) in [5, 5.41) is 10.1. The number of allylic oxidation sites excluding steroid dienone is 1. The molecule has 3 atom stereocenters. The highest BCUT2D eigenvalue weighted by Crippen LogP contribution is 2.28. The maximum Gasteiger partial charge on any atom is 0.0696 e. The Hall–Kier alpha value is -0.340. The molecule has 0 bridgehead atoms. The second-order valence-electron chi connectivity index (χ2n) is 5.61. The standard InChI is InChI=1S/C15H29NO/c1-3-12(4-2)11-15(17)14(16)10-13-8-6-5-7-9-13/h3,12-15,17H,1,4-11,16H2,2H3/t12-,14-,15-/m0/s1. The van der Waals surface area contributed by atoms with Gasteiger partial charge < -0.3 is 10.8 Å². The summed E-state index contributed by atoms with van der Waals surface area (Å²) >= 11 is 0. The summed E-state index contributed by atoms with van der Waals surface area (Å²) in [4.78, 5) is 0. The topological polar surface area (TPSA) is 46.2 Å². The molecule has 0 saturated heterocycles. The van der Waals surface area contributed by atoms with Crippen LogP contribution < -0.4 is 5.73 Å². The van der Waals surface area contributed by atoms with Crippen LogP contribution in [0.4, 0.5) is 0 Å². The van der Waals surface area contributed by atoms with E-state index < -0.39 is 0 Å². The van der Waals surface area contributed by atoms with Crippen LogP contribution in [0.25, 0.3) is 0 Å². The molecule has 0 unspecified atom stereocenters. The van der Waals surface area contributed by atoms with Crippen molar-refractivity contribution in [2.24, 2.45) is 17.6 Å². The van der Waals surface area contributed by atoms with Gasteiger partial charge in [0.05, 0.1) is 6.10 Å². The molecule has 1 fully saturated rings. The van der Waals surface area contributed by atoms with Gasteiger partial charge in [0.25, 0.3) is 0 Å². The molecule has 1 saturated carbocycles. The minimum absolute atomic E-state index is 0.0490. The van der Waals surface area contributed by atoms with E-state index in [1.54, 1.807) is 0 Å². The zero-order valence-corrected chi connectivity index (χ0v) is 11.3. The van der Waals surface area contributed by atoms with Crippen molar-refractivity contribution in [3.8, 4) is 0 Å². The minimum Gasteiger partial charge on any atom is -0.391 e. The van der Waals surface area contributed by atoms with Crippen molar-refractivity contribution < 1.29 is 5.11 Å². The molecule has 2 heteroatoms. The summed E-state index contributed by atoms with van der Waals surface area (Å²) in [5.41, 5.74) is 6.12. The molecule has 3 N–H and O–H groups in total. The molecule has 0 aliphatic heterocycles. The predicted molar refractivity (Wildman–Crippen MR) is 73.8 cm³/mol. The molecule has 0 radical (unpaired) electrons. The third-order valence-electron chi connectivity index (χ3n) is 4.23. The van der Waals surface area contributed by atoms with Crippen LogP contribution in [0.2, 0.25) is 0 Å². The van der Waals surface area contributed by atoms with Gasteiger partial charge in [-0.3, -0.25) is 0 Å². The van der Waals surface area contributed by atoms with Gasteiger partial charge in [-0.15, -0.1) is 6.58 Å². The van der Waals surface area contributed by atoms with Crippen molar-refractivity contribution in [1.29, 1.82) is 0 Å². The third-order valence-corrected chi connectivity index (χ3v) is 4.23. The molecular weight excluding hydrogens is 210 g/mol.